The monoisotopic (exact) mass is 531 g/mol. The van der Waals surface area contributed by atoms with Crippen LogP contribution < -0.4 is 14.5 Å². The van der Waals surface area contributed by atoms with Crippen LogP contribution in [-0.4, -0.2) is 0 Å². The van der Waals surface area contributed by atoms with Crippen LogP contribution in [0.5, 0.6) is 0 Å². The lowest BCUT2D eigenvalue weighted by atomic mass is 10.0. The lowest BCUT2D eigenvalue weighted by molar-refractivity contribution is -0.778. The number of pyridine rings is 2. The first-order valence-corrected chi connectivity index (χ1v) is 12.0. The van der Waals surface area contributed by atoms with Gasteiger partial charge in [0.2, 0.25) is 13.1 Å². The minimum atomic E-state index is -4.87. The number of aromatic nitrogens is 2. The van der Waals surface area contributed by atoms with Crippen molar-refractivity contribution in [1.29, 1.82) is 0 Å². The second-order valence-corrected chi connectivity index (χ2v) is 9.30. The number of aryl methyl sites for hydroxylation is 4. The number of halogens is 6. The van der Waals surface area contributed by atoms with Crippen molar-refractivity contribution in [2.24, 2.45) is 0 Å². The van der Waals surface area contributed by atoms with Gasteiger partial charge in [0.1, 0.15) is 0 Å². The molecule has 1 N–H and O–H groups in total. The molecule has 3 nitrogen and oxygen atoms in total. The number of hydrogen-bond acceptors (Lipinski definition) is 1. The van der Waals surface area contributed by atoms with Crippen molar-refractivity contribution in [3.63, 3.8) is 0 Å². The predicted octanol–water partition coefficient (Wildman–Crippen LogP) is 6.90. The highest BCUT2D eigenvalue weighted by Crippen LogP contribution is 2.36. The minimum Gasteiger partial charge on any atom is -0.381 e. The normalized spacial score (nSPS) is 12.0. The van der Waals surface area contributed by atoms with Gasteiger partial charge in [-0.3, -0.25) is 0 Å². The van der Waals surface area contributed by atoms with Gasteiger partial charge in [-0.1, -0.05) is 12.1 Å². The molecule has 0 amide bonds. The molecule has 4 rings (SSSR count). The molecule has 0 unspecified atom stereocenters. The zero-order chi connectivity index (χ0) is 27.5. The van der Waals surface area contributed by atoms with Crippen molar-refractivity contribution in [3.8, 4) is 11.1 Å². The molecule has 0 saturated carbocycles. The van der Waals surface area contributed by atoms with Crippen LogP contribution in [0.1, 0.15) is 27.8 Å². The number of rotatable bonds is 7. The first-order valence-electron chi connectivity index (χ1n) is 12.0. The number of nitrogens with one attached hydrogen (secondary N) is 1. The lowest BCUT2D eigenvalue weighted by Gasteiger charge is -2.15. The number of alkyl halides is 6. The summed E-state index contributed by atoms with van der Waals surface area (Å²) >= 11 is 0. The first kappa shape index (κ1) is 27.2. The molecule has 0 atom stereocenters. The fourth-order valence-corrected chi connectivity index (χ4v) is 4.26. The van der Waals surface area contributed by atoms with E-state index in [2.05, 4.69) is 46.8 Å². The molecule has 2 heterocycles. The Morgan fingerprint density at radius 3 is 1.66 bits per heavy atom. The molecule has 198 valence electrons. The molecule has 0 saturated heterocycles. The van der Waals surface area contributed by atoms with Crippen LogP contribution in [0, 0.1) is 13.8 Å². The van der Waals surface area contributed by atoms with Crippen molar-refractivity contribution < 1.29 is 35.5 Å². The molecule has 2 aromatic heterocycles. The lowest BCUT2D eigenvalue weighted by Crippen LogP contribution is -2.44. The standard InChI is InChI=1S/C29H26F6N3/c1-20-13-21(2)19-38(18-20)12-11-37-9-7-24(8-10-37)23-3-5-27(6-4-23)36-17-22-14-25(28(30,31)32)16-26(15-22)29(33,34)35/h3-10,13-16,18-19H,11-12,17H2,1-2H3/q+1/p+1. The highest BCUT2D eigenvalue weighted by Gasteiger charge is 2.36. The van der Waals surface area contributed by atoms with E-state index in [9.17, 15) is 26.3 Å². The molecular formula is C29H27F6N3+2. The van der Waals surface area contributed by atoms with Gasteiger partial charge >= 0.3 is 12.4 Å². The van der Waals surface area contributed by atoms with Gasteiger partial charge in [0.25, 0.3) is 0 Å². The van der Waals surface area contributed by atoms with Crippen LogP contribution in [0.15, 0.2) is 85.5 Å². The molecular weight excluding hydrogens is 504 g/mol. The summed E-state index contributed by atoms with van der Waals surface area (Å²) in [6.07, 6.45) is -1.53. The summed E-state index contributed by atoms with van der Waals surface area (Å²) in [5.41, 5.74) is 2.17. The van der Waals surface area contributed by atoms with Crippen LogP contribution in [0.3, 0.4) is 0 Å². The molecule has 0 aliphatic rings. The summed E-state index contributed by atoms with van der Waals surface area (Å²) in [5.74, 6) is 0. The van der Waals surface area contributed by atoms with Crippen molar-refractivity contribution in [2.75, 3.05) is 5.32 Å². The van der Waals surface area contributed by atoms with E-state index in [1.54, 1.807) is 12.1 Å². The second-order valence-electron chi connectivity index (χ2n) is 9.30. The maximum Gasteiger partial charge on any atom is 0.416 e. The Kier molecular flexibility index (Phi) is 7.76. The molecule has 0 aliphatic carbocycles. The average molecular weight is 532 g/mol. The molecule has 0 aliphatic heterocycles. The highest BCUT2D eigenvalue weighted by molar-refractivity contribution is 5.65. The largest absolute Gasteiger partial charge is 0.416 e. The fourth-order valence-electron chi connectivity index (χ4n) is 4.26. The Morgan fingerprint density at radius 2 is 1.13 bits per heavy atom. The van der Waals surface area contributed by atoms with E-state index in [1.807, 2.05) is 36.7 Å². The zero-order valence-electron chi connectivity index (χ0n) is 20.9. The van der Waals surface area contributed by atoms with Crippen molar-refractivity contribution in [3.05, 3.63) is 113 Å². The van der Waals surface area contributed by atoms with Gasteiger partial charge in [-0.05, 0) is 66.9 Å². The molecule has 38 heavy (non-hydrogen) atoms. The molecule has 0 spiro atoms. The highest BCUT2D eigenvalue weighted by atomic mass is 19.4. The van der Waals surface area contributed by atoms with Gasteiger partial charge in [0.15, 0.2) is 24.8 Å². The van der Waals surface area contributed by atoms with Crippen LogP contribution in [-0.2, 0) is 32.0 Å². The van der Waals surface area contributed by atoms with Gasteiger partial charge in [-0.2, -0.15) is 35.5 Å². The van der Waals surface area contributed by atoms with E-state index < -0.39 is 23.5 Å². The van der Waals surface area contributed by atoms with E-state index in [1.165, 1.54) is 11.1 Å². The van der Waals surface area contributed by atoms with Gasteiger partial charge in [0, 0.05) is 35.5 Å². The smallest absolute Gasteiger partial charge is 0.381 e. The summed E-state index contributed by atoms with van der Waals surface area (Å²) in [6.45, 7) is 5.60. The number of benzene rings is 2. The third-order valence-electron chi connectivity index (χ3n) is 6.06. The Morgan fingerprint density at radius 1 is 0.632 bits per heavy atom. The SMILES string of the molecule is Cc1cc(C)c[n+](CC[n+]2ccc(-c3ccc(NCc4cc(C(F)(F)F)cc(C(F)(F)F)c4)cc3)cc2)c1. The maximum atomic E-state index is 13.1. The average Bonchev–Trinajstić information content (AvgIpc) is 2.85. The third kappa shape index (κ3) is 7.12. The maximum absolute atomic E-state index is 13.1. The Labute approximate surface area is 217 Å². The van der Waals surface area contributed by atoms with Crippen molar-refractivity contribution >= 4 is 5.69 Å². The number of anilines is 1. The third-order valence-corrected chi connectivity index (χ3v) is 6.06. The molecule has 0 radical (unpaired) electrons. The summed E-state index contributed by atoms with van der Waals surface area (Å²) in [4.78, 5) is 0. The molecule has 0 fully saturated rings. The summed E-state index contributed by atoms with van der Waals surface area (Å²) in [6, 6.07) is 14.9. The molecule has 0 bridgehead atoms. The van der Waals surface area contributed by atoms with Crippen LogP contribution >= 0.6 is 0 Å². The van der Waals surface area contributed by atoms with Crippen molar-refractivity contribution in [1.82, 2.24) is 0 Å². The van der Waals surface area contributed by atoms with E-state index in [4.69, 9.17) is 0 Å². The van der Waals surface area contributed by atoms with Crippen molar-refractivity contribution in [2.45, 2.75) is 45.8 Å². The summed E-state index contributed by atoms with van der Waals surface area (Å²) in [5, 5.41) is 2.91. The summed E-state index contributed by atoms with van der Waals surface area (Å²) in [7, 11) is 0. The molecule has 2 aromatic carbocycles. The number of nitrogens with zero attached hydrogens (tertiary/aromatic N) is 2. The molecule has 9 heteroatoms. The van der Waals surface area contributed by atoms with Gasteiger partial charge in [-0.25, -0.2) is 0 Å². The van der Waals surface area contributed by atoms with E-state index in [-0.39, 0.29) is 18.2 Å². The second kappa shape index (κ2) is 10.8. The van der Waals surface area contributed by atoms with E-state index >= 15 is 0 Å². The minimum absolute atomic E-state index is 0.108. The van der Waals surface area contributed by atoms with Crippen LogP contribution in [0.2, 0.25) is 0 Å². The van der Waals surface area contributed by atoms with Gasteiger partial charge < -0.3 is 5.32 Å². The van der Waals surface area contributed by atoms with E-state index in [0.717, 1.165) is 36.3 Å². The van der Waals surface area contributed by atoms with Crippen LogP contribution in [0.4, 0.5) is 32.0 Å². The summed E-state index contributed by atoms with van der Waals surface area (Å²) < 4.78 is 82.8. The zero-order valence-corrected chi connectivity index (χ0v) is 20.9. The van der Waals surface area contributed by atoms with Gasteiger partial charge in [-0.15, -0.1) is 0 Å². The van der Waals surface area contributed by atoms with Crippen LogP contribution in [0.25, 0.3) is 11.1 Å². The quantitative estimate of drug-likeness (QED) is 0.203. The predicted molar refractivity (Wildman–Crippen MR) is 132 cm³/mol. The fraction of sp³-hybridized carbons (Fsp3) is 0.241. The Balaban J connectivity index is 1.39. The van der Waals surface area contributed by atoms with Gasteiger partial charge in [0.05, 0.1) is 11.1 Å². The van der Waals surface area contributed by atoms with E-state index in [0.29, 0.717) is 5.69 Å². The molecule has 4 aromatic rings. The first-order chi connectivity index (χ1) is 17.9. The number of hydrogen-bond donors (Lipinski definition) is 1. The topological polar surface area (TPSA) is 19.8 Å². The Hall–Kier alpha value is -3.88. The Bertz CT molecular complexity index is 1340.